The summed E-state index contributed by atoms with van der Waals surface area (Å²) in [5.41, 5.74) is 1.96. The number of hydrogen-bond acceptors (Lipinski definition) is 7. The molecule has 2 aromatic heterocycles. The number of aliphatic hydroxyl groups is 2. The van der Waals surface area contributed by atoms with Crippen LogP contribution >= 0.6 is 0 Å². The first-order chi connectivity index (χ1) is 18.8. The van der Waals surface area contributed by atoms with E-state index in [4.69, 9.17) is 14.8 Å². The average molecular weight is 532 g/mol. The molecule has 1 atom stereocenters. The van der Waals surface area contributed by atoms with Crippen LogP contribution in [0.3, 0.4) is 0 Å². The first kappa shape index (κ1) is 26.6. The Morgan fingerprint density at radius 3 is 2.41 bits per heavy atom. The van der Waals surface area contributed by atoms with Crippen LogP contribution in [0.1, 0.15) is 86.8 Å². The van der Waals surface area contributed by atoms with Crippen molar-refractivity contribution in [2.24, 2.45) is 5.41 Å². The maximum absolute atomic E-state index is 12.7. The van der Waals surface area contributed by atoms with Crippen LogP contribution < -0.4 is 0 Å². The van der Waals surface area contributed by atoms with Gasteiger partial charge in [0.1, 0.15) is 11.4 Å². The predicted octanol–water partition coefficient (Wildman–Crippen LogP) is 4.24. The monoisotopic (exact) mass is 531 g/mol. The lowest BCUT2D eigenvalue weighted by Crippen LogP contribution is -2.65. The molecular formula is C31H41N5O3. The Labute approximate surface area is 231 Å². The van der Waals surface area contributed by atoms with Crippen molar-refractivity contribution in [1.82, 2.24) is 24.6 Å². The van der Waals surface area contributed by atoms with Crippen molar-refractivity contribution in [1.29, 1.82) is 0 Å². The van der Waals surface area contributed by atoms with Crippen LogP contribution in [0.4, 0.5) is 0 Å². The fourth-order valence-corrected chi connectivity index (χ4v) is 6.48. The molecule has 0 spiro atoms. The van der Waals surface area contributed by atoms with Gasteiger partial charge in [-0.25, -0.2) is 9.67 Å². The molecule has 8 heteroatoms. The highest BCUT2D eigenvalue weighted by Crippen LogP contribution is 2.51. The Morgan fingerprint density at radius 2 is 1.77 bits per heavy atom. The molecule has 0 unspecified atom stereocenters. The molecule has 39 heavy (non-hydrogen) atoms. The maximum atomic E-state index is 12.7. The summed E-state index contributed by atoms with van der Waals surface area (Å²) in [5.74, 6) is 2.51. The molecular weight excluding hydrogens is 490 g/mol. The van der Waals surface area contributed by atoms with Crippen LogP contribution in [0.5, 0.6) is 0 Å². The Hall–Kier alpha value is -2.65. The summed E-state index contributed by atoms with van der Waals surface area (Å²) in [4.78, 5) is 11.9. The zero-order valence-corrected chi connectivity index (χ0v) is 23.4. The maximum Gasteiger partial charge on any atom is 0.182 e. The quantitative estimate of drug-likeness (QED) is 0.426. The van der Waals surface area contributed by atoms with Gasteiger partial charge in [0.15, 0.2) is 5.82 Å². The lowest BCUT2D eigenvalue weighted by Gasteiger charge is -2.56. The minimum Gasteiger partial charge on any atom is -0.395 e. The number of ether oxygens (including phenoxy) is 1. The highest BCUT2D eigenvalue weighted by molar-refractivity contribution is 5.56. The summed E-state index contributed by atoms with van der Waals surface area (Å²) in [5, 5.41) is 27.2. The number of hydrogen-bond donors (Lipinski definition) is 2. The van der Waals surface area contributed by atoms with Gasteiger partial charge < -0.3 is 14.9 Å². The highest BCUT2D eigenvalue weighted by Gasteiger charge is 2.56. The van der Waals surface area contributed by atoms with Crippen molar-refractivity contribution in [2.45, 2.75) is 69.9 Å². The minimum atomic E-state index is -1.26. The molecule has 3 aromatic rings. The highest BCUT2D eigenvalue weighted by atomic mass is 16.5. The van der Waals surface area contributed by atoms with Gasteiger partial charge in [0.05, 0.1) is 12.6 Å². The van der Waals surface area contributed by atoms with Gasteiger partial charge in [0.2, 0.25) is 0 Å². The van der Waals surface area contributed by atoms with Gasteiger partial charge in [0.25, 0.3) is 0 Å². The summed E-state index contributed by atoms with van der Waals surface area (Å²) < 4.78 is 7.75. The van der Waals surface area contributed by atoms with Gasteiger partial charge in [-0.3, -0.25) is 9.88 Å². The molecule has 1 aliphatic carbocycles. The molecule has 3 fully saturated rings. The van der Waals surface area contributed by atoms with E-state index in [9.17, 15) is 10.2 Å². The van der Waals surface area contributed by atoms with Crippen molar-refractivity contribution in [3.63, 3.8) is 0 Å². The van der Waals surface area contributed by atoms with E-state index in [0.717, 1.165) is 61.4 Å². The largest absolute Gasteiger partial charge is 0.395 e. The Morgan fingerprint density at radius 1 is 1.05 bits per heavy atom. The molecule has 6 rings (SSSR count). The van der Waals surface area contributed by atoms with Crippen LogP contribution in [0.2, 0.25) is 0 Å². The molecule has 8 nitrogen and oxygen atoms in total. The van der Waals surface area contributed by atoms with Crippen molar-refractivity contribution >= 4 is 0 Å². The Balaban J connectivity index is 1.40. The van der Waals surface area contributed by atoms with Crippen molar-refractivity contribution in [3.05, 3.63) is 65.2 Å². The molecule has 0 amide bonds. The number of aliphatic hydroxyl groups excluding tert-OH is 1. The molecule has 208 valence electrons. The van der Waals surface area contributed by atoms with E-state index in [0.29, 0.717) is 43.3 Å². The molecule has 2 N–H and O–H groups in total. The predicted molar refractivity (Wildman–Crippen MR) is 149 cm³/mol. The number of likely N-dealkylation sites (tertiary alicyclic amines) is 1. The van der Waals surface area contributed by atoms with E-state index in [2.05, 4.69) is 59.6 Å². The van der Waals surface area contributed by atoms with E-state index < -0.39 is 11.0 Å². The third-order valence-electron chi connectivity index (χ3n) is 8.98. The molecule has 2 saturated heterocycles. The minimum absolute atomic E-state index is 0.111. The summed E-state index contributed by atoms with van der Waals surface area (Å²) in [6.45, 7) is 10.1. The van der Waals surface area contributed by atoms with Gasteiger partial charge in [-0.15, -0.1) is 0 Å². The molecule has 2 aliphatic heterocycles. The first-order valence-corrected chi connectivity index (χ1v) is 14.5. The lowest BCUT2D eigenvalue weighted by atomic mass is 9.62. The van der Waals surface area contributed by atoms with E-state index in [1.807, 2.05) is 12.3 Å². The third-order valence-corrected chi connectivity index (χ3v) is 8.98. The number of nitrogens with zero attached hydrogens (tertiary/aromatic N) is 5. The summed E-state index contributed by atoms with van der Waals surface area (Å²) in [7, 11) is 0. The zero-order chi connectivity index (χ0) is 27.2. The average Bonchev–Trinajstić information content (AvgIpc) is 3.70. The van der Waals surface area contributed by atoms with Crippen LogP contribution in [0.15, 0.2) is 42.7 Å². The Bertz CT molecular complexity index is 1290. The Kier molecular flexibility index (Phi) is 7.08. The van der Waals surface area contributed by atoms with Crippen molar-refractivity contribution in [3.8, 4) is 11.4 Å². The molecule has 3 aliphatic rings. The topological polar surface area (TPSA) is 96.5 Å². The fraction of sp³-hybridized carbons (Fsp3) is 0.581. The molecule has 4 heterocycles. The second-order valence-electron chi connectivity index (χ2n) is 12.3. The lowest BCUT2D eigenvalue weighted by molar-refractivity contribution is -0.137. The van der Waals surface area contributed by atoms with Crippen molar-refractivity contribution < 1.29 is 14.9 Å². The molecule has 1 aromatic carbocycles. The zero-order valence-electron chi connectivity index (χ0n) is 23.4. The first-order valence-electron chi connectivity index (χ1n) is 14.5. The second kappa shape index (κ2) is 10.4. The number of β-amino-alcohol motifs (C(OH)–C–C–N with tert-alkyl or cyclic N) is 1. The molecule has 0 bridgehead atoms. The van der Waals surface area contributed by atoms with Crippen molar-refractivity contribution in [2.75, 3.05) is 39.5 Å². The number of pyridine rings is 1. The normalized spacial score (nSPS) is 21.6. The van der Waals surface area contributed by atoms with Gasteiger partial charge in [0, 0.05) is 67.7 Å². The van der Waals surface area contributed by atoms with Crippen LogP contribution in [0, 0.1) is 5.41 Å². The van der Waals surface area contributed by atoms with Crippen LogP contribution in [-0.2, 0) is 10.3 Å². The SMILES string of the molecule is CC(C)c1ccc([C@](O)(c2cncc(-c3nc(C4CCOCC4)n(C4CC4)n3)c2)C2(C)CN(CCO)C2)cc1. The third kappa shape index (κ3) is 4.82. The van der Waals surface area contributed by atoms with Crippen LogP contribution in [0.25, 0.3) is 11.4 Å². The van der Waals surface area contributed by atoms with Gasteiger partial charge in [-0.05, 0) is 48.8 Å². The smallest absolute Gasteiger partial charge is 0.182 e. The second-order valence-corrected chi connectivity index (χ2v) is 12.3. The number of rotatable bonds is 9. The van der Waals surface area contributed by atoms with Crippen LogP contribution in [-0.4, -0.2) is 74.3 Å². The summed E-state index contributed by atoms with van der Waals surface area (Å²) in [6, 6.07) is 10.8. The van der Waals surface area contributed by atoms with Gasteiger partial charge >= 0.3 is 0 Å². The van der Waals surface area contributed by atoms with E-state index in [1.165, 1.54) is 5.56 Å². The fourth-order valence-electron chi connectivity index (χ4n) is 6.48. The van der Waals surface area contributed by atoms with E-state index in [1.54, 1.807) is 6.20 Å². The number of benzene rings is 1. The summed E-state index contributed by atoms with van der Waals surface area (Å²) >= 11 is 0. The molecule has 1 saturated carbocycles. The van der Waals surface area contributed by atoms with E-state index in [-0.39, 0.29) is 6.61 Å². The summed E-state index contributed by atoms with van der Waals surface area (Å²) in [6.07, 6.45) is 7.83. The van der Waals surface area contributed by atoms with Gasteiger partial charge in [-0.1, -0.05) is 45.0 Å². The number of aromatic nitrogens is 4. The van der Waals surface area contributed by atoms with Gasteiger partial charge in [-0.2, -0.15) is 5.10 Å². The van der Waals surface area contributed by atoms with E-state index >= 15 is 0 Å². The molecule has 0 radical (unpaired) electrons. The standard InChI is InChI=1S/C31H41N5O3/c1-21(2)22-4-6-25(7-5-22)31(38,30(3)19-35(20-30)12-13-37)26-16-24(17-32-18-26)28-33-29(23-10-14-39-15-11-23)36(34-28)27-8-9-27/h4-7,16-18,21,23,27,37-38H,8-15,19-20H2,1-3H3/t31-/m0/s1.